The summed E-state index contributed by atoms with van der Waals surface area (Å²) in [6.45, 7) is 0.358. The Morgan fingerprint density at radius 1 is 1.73 bits per heavy atom. The van der Waals surface area contributed by atoms with E-state index in [4.69, 9.17) is 9.84 Å². The predicted molar refractivity (Wildman–Crippen MR) is 35.0 cm³/mol. The molecule has 0 aromatic heterocycles. The Morgan fingerprint density at radius 3 is 3.09 bits per heavy atom. The molecule has 1 atom stereocenters. The maximum Gasteiger partial charge on any atom is 0.328 e. The highest BCUT2D eigenvalue weighted by molar-refractivity contribution is 5.83. The van der Waals surface area contributed by atoms with E-state index in [0.717, 1.165) is 0 Å². The summed E-state index contributed by atoms with van der Waals surface area (Å²) in [5, 5.41) is 10.8. The van der Waals surface area contributed by atoms with Gasteiger partial charge in [-0.2, -0.15) is 0 Å². The number of amides is 1. The molecule has 0 aromatic carbocycles. The molecule has 0 aromatic rings. The molecule has 1 rings (SSSR count). The number of aliphatic carboxylic acids is 1. The fraction of sp³-hybridized carbons (Fsp3) is 0.667. The van der Waals surface area contributed by atoms with Gasteiger partial charge in [0.1, 0.15) is 0 Å². The van der Waals surface area contributed by atoms with Crippen molar-refractivity contribution in [1.82, 2.24) is 5.32 Å². The number of carboxylic acids is 1. The molecular weight excluding hydrogens is 150 g/mol. The smallest absolute Gasteiger partial charge is 0.328 e. The van der Waals surface area contributed by atoms with Gasteiger partial charge < -0.3 is 15.2 Å². The zero-order valence-electron chi connectivity index (χ0n) is 5.87. The number of hydrogen-bond acceptors (Lipinski definition) is 3. The van der Waals surface area contributed by atoms with Crippen molar-refractivity contribution in [2.75, 3.05) is 13.2 Å². The SMILES string of the molecule is O=C1CCOC[C@@H](C(=O)O)N1. The monoisotopic (exact) mass is 159 g/mol. The van der Waals surface area contributed by atoms with Gasteiger partial charge in [-0.05, 0) is 0 Å². The van der Waals surface area contributed by atoms with Crippen molar-refractivity contribution in [3.63, 3.8) is 0 Å². The third-order valence-corrected chi connectivity index (χ3v) is 1.39. The van der Waals surface area contributed by atoms with Crippen LogP contribution in [0.1, 0.15) is 6.42 Å². The van der Waals surface area contributed by atoms with E-state index in [9.17, 15) is 9.59 Å². The van der Waals surface area contributed by atoms with Crippen molar-refractivity contribution in [1.29, 1.82) is 0 Å². The lowest BCUT2D eigenvalue weighted by Crippen LogP contribution is -2.41. The van der Waals surface area contributed by atoms with E-state index in [0.29, 0.717) is 6.61 Å². The molecule has 5 nitrogen and oxygen atoms in total. The van der Waals surface area contributed by atoms with Crippen LogP contribution in [0.5, 0.6) is 0 Å². The highest BCUT2D eigenvalue weighted by Gasteiger charge is 2.22. The van der Waals surface area contributed by atoms with Crippen LogP contribution in [0.3, 0.4) is 0 Å². The first-order valence-corrected chi connectivity index (χ1v) is 3.30. The van der Waals surface area contributed by atoms with Gasteiger partial charge >= 0.3 is 5.97 Å². The molecule has 1 saturated heterocycles. The van der Waals surface area contributed by atoms with Crippen molar-refractivity contribution in [3.05, 3.63) is 0 Å². The lowest BCUT2D eigenvalue weighted by molar-refractivity contribution is -0.142. The molecule has 1 heterocycles. The Morgan fingerprint density at radius 2 is 2.45 bits per heavy atom. The Kier molecular flexibility index (Phi) is 2.43. The lowest BCUT2D eigenvalue weighted by Gasteiger charge is -2.08. The Balaban J connectivity index is 2.52. The standard InChI is InChI=1S/C6H9NO4/c8-5-1-2-11-3-4(7-5)6(9)10/h4H,1-3H2,(H,7,8)(H,9,10)/t4-/m0/s1. The van der Waals surface area contributed by atoms with Crippen LogP contribution < -0.4 is 5.32 Å². The second-order valence-corrected chi connectivity index (χ2v) is 2.28. The van der Waals surface area contributed by atoms with Crippen LogP contribution in [0, 0.1) is 0 Å². The van der Waals surface area contributed by atoms with Gasteiger partial charge in [0.25, 0.3) is 0 Å². The number of carboxylic acid groups (broad SMARTS) is 1. The maximum atomic E-state index is 10.7. The zero-order valence-corrected chi connectivity index (χ0v) is 5.87. The minimum atomic E-state index is -1.06. The Bertz CT molecular complexity index is 179. The van der Waals surface area contributed by atoms with Gasteiger partial charge in [0.05, 0.1) is 13.2 Å². The first kappa shape index (κ1) is 8.00. The topological polar surface area (TPSA) is 75.6 Å². The molecule has 0 unspecified atom stereocenters. The van der Waals surface area contributed by atoms with E-state index in [1.54, 1.807) is 0 Å². The molecule has 0 spiro atoms. The van der Waals surface area contributed by atoms with Gasteiger partial charge in [-0.1, -0.05) is 0 Å². The maximum absolute atomic E-state index is 10.7. The summed E-state index contributed by atoms with van der Waals surface area (Å²) in [6.07, 6.45) is 0.240. The summed E-state index contributed by atoms with van der Waals surface area (Å²) in [6, 6.07) is -0.884. The number of rotatable bonds is 1. The summed E-state index contributed by atoms with van der Waals surface area (Å²) in [4.78, 5) is 21.1. The third-order valence-electron chi connectivity index (χ3n) is 1.39. The van der Waals surface area contributed by atoms with E-state index in [-0.39, 0.29) is 18.9 Å². The van der Waals surface area contributed by atoms with Gasteiger partial charge in [-0.3, -0.25) is 4.79 Å². The zero-order chi connectivity index (χ0) is 8.27. The van der Waals surface area contributed by atoms with Gasteiger partial charge in [0, 0.05) is 6.42 Å². The molecule has 0 radical (unpaired) electrons. The quantitative estimate of drug-likeness (QED) is 0.513. The average Bonchev–Trinajstić information content (AvgIpc) is 2.13. The number of hydrogen-bond donors (Lipinski definition) is 2. The fourth-order valence-corrected chi connectivity index (χ4v) is 0.807. The number of ether oxygens (including phenoxy) is 1. The third kappa shape index (κ3) is 2.19. The molecular formula is C6H9NO4. The lowest BCUT2D eigenvalue weighted by atomic mass is 10.3. The van der Waals surface area contributed by atoms with E-state index < -0.39 is 12.0 Å². The van der Waals surface area contributed by atoms with Crippen LogP contribution in [-0.2, 0) is 14.3 Å². The predicted octanol–water partition coefficient (Wildman–Crippen LogP) is -1.02. The molecule has 0 saturated carbocycles. The van der Waals surface area contributed by atoms with Crippen LogP contribution in [0.25, 0.3) is 0 Å². The van der Waals surface area contributed by atoms with Gasteiger partial charge in [0.2, 0.25) is 5.91 Å². The molecule has 5 heteroatoms. The molecule has 1 amide bonds. The normalized spacial score (nSPS) is 25.5. The van der Waals surface area contributed by atoms with Crippen LogP contribution in [0.4, 0.5) is 0 Å². The number of nitrogens with one attached hydrogen (secondary N) is 1. The molecule has 62 valence electrons. The molecule has 0 aliphatic carbocycles. The first-order chi connectivity index (χ1) is 5.20. The summed E-state index contributed by atoms with van der Waals surface area (Å²) >= 11 is 0. The second-order valence-electron chi connectivity index (χ2n) is 2.28. The minimum Gasteiger partial charge on any atom is -0.480 e. The van der Waals surface area contributed by atoms with Crippen molar-refractivity contribution < 1.29 is 19.4 Å². The highest BCUT2D eigenvalue weighted by atomic mass is 16.5. The molecule has 1 aliphatic heterocycles. The summed E-state index contributed by atoms with van der Waals surface area (Å²) in [5.74, 6) is -1.32. The minimum absolute atomic E-state index is 0.0566. The van der Waals surface area contributed by atoms with E-state index >= 15 is 0 Å². The summed E-state index contributed by atoms with van der Waals surface area (Å²) in [5.41, 5.74) is 0. The first-order valence-electron chi connectivity index (χ1n) is 3.30. The van der Waals surface area contributed by atoms with Crippen molar-refractivity contribution in [2.24, 2.45) is 0 Å². The van der Waals surface area contributed by atoms with Gasteiger partial charge in [-0.25, -0.2) is 4.79 Å². The number of carbonyl (C=O) groups is 2. The van der Waals surface area contributed by atoms with Crippen LogP contribution in [0.15, 0.2) is 0 Å². The highest BCUT2D eigenvalue weighted by Crippen LogP contribution is 1.95. The molecule has 1 aliphatic rings. The molecule has 2 N–H and O–H groups in total. The van der Waals surface area contributed by atoms with Crippen molar-refractivity contribution >= 4 is 11.9 Å². The second kappa shape index (κ2) is 3.34. The van der Waals surface area contributed by atoms with Crippen LogP contribution in [-0.4, -0.2) is 36.2 Å². The Hall–Kier alpha value is -1.10. The molecule has 11 heavy (non-hydrogen) atoms. The van der Waals surface area contributed by atoms with E-state index in [1.165, 1.54) is 0 Å². The van der Waals surface area contributed by atoms with Crippen LogP contribution in [0.2, 0.25) is 0 Å². The fourth-order valence-electron chi connectivity index (χ4n) is 0.807. The van der Waals surface area contributed by atoms with Gasteiger partial charge in [-0.15, -0.1) is 0 Å². The van der Waals surface area contributed by atoms with Crippen molar-refractivity contribution in [2.45, 2.75) is 12.5 Å². The largest absolute Gasteiger partial charge is 0.480 e. The van der Waals surface area contributed by atoms with Gasteiger partial charge in [0.15, 0.2) is 6.04 Å². The van der Waals surface area contributed by atoms with Crippen LogP contribution >= 0.6 is 0 Å². The van der Waals surface area contributed by atoms with E-state index in [1.807, 2.05) is 0 Å². The summed E-state index contributed by atoms with van der Waals surface area (Å²) in [7, 11) is 0. The van der Waals surface area contributed by atoms with E-state index in [2.05, 4.69) is 5.32 Å². The molecule has 0 bridgehead atoms. The summed E-state index contributed by atoms with van der Waals surface area (Å²) < 4.78 is 4.87. The average molecular weight is 159 g/mol. The Labute approximate surface area is 63.3 Å². The molecule has 1 fully saturated rings. The number of carbonyl (C=O) groups excluding carboxylic acids is 1. The van der Waals surface area contributed by atoms with Crippen molar-refractivity contribution in [3.8, 4) is 0 Å².